The van der Waals surface area contributed by atoms with Crippen molar-refractivity contribution in [1.29, 1.82) is 0 Å². The Labute approximate surface area is 129 Å². The van der Waals surface area contributed by atoms with Gasteiger partial charge in [0.05, 0.1) is 24.6 Å². The van der Waals surface area contributed by atoms with Gasteiger partial charge in [-0.15, -0.1) is 0 Å². The van der Waals surface area contributed by atoms with Gasteiger partial charge in [-0.1, -0.05) is 11.6 Å². The zero-order valence-electron chi connectivity index (χ0n) is 12.3. The summed E-state index contributed by atoms with van der Waals surface area (Å²) < 4.78 is 7.13. The minimum absolute atomic E-state index is 0.176. The highest BCUT2D eigenvalue weighted by Gasteiger charge is 2.18. The molecule has 21 heavy (non-hydrogen) atoms. The lowest BCUT2D eigenvalue weighted by Crippen LogP contribution is -2.31. The molecule has 1 fully saturated rings. The number of halogens is 1. The maximum Gasteiger partial charge on any atom is 0.287 e. The van der Waals surface area contributed by atoms with Crippen molar-refractivity contribution >= 4 is 17.3 Å². The SMILES string of the molecule is CCn1ncc(NCCOC2CCC(N)CC2)c(Cl)c1=O. The normalized spacial score (nSPS) is 22.2. The molecule has 1 aliphatic rings. The van der Waals surface area contributed by atoms with Crippen LogP contribution in [0.1, 0.15) is 32.6 Å². The summed E-state index contributed by atoms with van der Waals surface area (Å²) in [6.45, 7) is 3.53. The van der Waals surface area contributed by atoms with Gasteiger partial charge in [-0.3, -0.25) is 4.79 Å². The number of rotatable bonds is 6. The molecule has 118 valence electrons. The van der Waals surface area contributed by atoms with Crippen molar-refractivity contribution < 1.29 is 4.74 Å². The van der Waals surface area contributed by atoms with Gasteiger partial charge >= 0.3 is 0 Å². The summed E-state index contributed by atoms with van der Waals surface area (Å²) in [5, 5.41) is 7.31. The lowest BCUT2D eigenvalue weighted by atomic mass is 9.94. The first kappa shape index (κ1) is 16.3. The molecule has 1 aliphatic carbocycles. The van der Waals surface area contributed by atoms with Crippen molar-refractivity contribution in [1.82, 2.24) is 9.78 Å². The average Bonchev–Trinajstić information content (AvgIpc) is 2.49. The first-order valence-corrected chi connectivity index (χ1v) is 7.86. The number of hydrogen-bond acceptors (Lipinski definition) is 5. The third-order valence-corrected chi connectivity index (χ3v) is 4.14. The van der Waals surface area contributed by atoms with Crippen LogP contribution in [0.4, 0.5) is 5.69 Å². The molecular weight excluding hydrogens is 292 g/mol. The number of hydrogen-bond donors (Lipinski definition) is 2. The second kappa shape index (κ2) is 7.77. The zero-order valence-corrected chi connectivity index (χ0v) is 13.1. The largest absolute Gasteiger partial charge is 0.380 e. The van der Waals surface area contributed by atoms with Crippen molar-refractivity contribution in [2.24, 2.45) is 5.73 Å². The maximum atomic E-state index is 11.8. The van der Waals surface area contributed by atoms with E-state index in [0.717, 1.165) is 25.7 Å². The Morgan fingerprint density at radius 2 is 2.19 bits per heavy atom. The second-order valence-electron chi connectivity index (χ2n) is 5.33. The molecule has 1 aromatic rings. The number of ether oxygens (including phenoxy) is 1. The summed E-state index contributed by atoms with van der Waals surface area (Å²) in [6, 6.07) is 0.331. The molecule has 1 heterocycles. The third kappa shape index (κ3) is 4.43. The van der Waals surface area contributed by atoms with Crippen LogP contribution in [0.25, 0.3) is 0 Å². The minimum Gasteiger partial charge on any atom is -0.380 e. The van der Waals surface area contributed by atoms with Crippen molar-refractivity contribution in [3.8, 4) is 0 Å². The Kier molecular flexibility index (Phi) is 6.02. The minimum atomic E-state index is -0.272. The van der Waals surface area contributed by atoms with Crippen LogP contribution < -0.4 is 16.6 Å². The Bertz CT molecular complexity index is 512. The van der Waals surface area contributed by atoms with E-state index in [2.05, 4.69) is 10.4 Å². The first-order valence-electron chi connectivity index (χ1n) is 7.48. The molecule has 0 atom stereocenters. The molecule has 0 amide bonds. The van der Waals surface area contributed by atoms with Crippen LogP contribution in [0.3, 0.4) is 0 Å². The van der Waals surface area contributed by atoms with Crippen molar-refractivity contribution in [3.63, 3.8) is 0 Å². The van der Waals surface area contributed by atoms with Gasteiger partial charge in [0.15, 0.2) is 0 Å². The predicted molar refractivity (Wildman–Crippen MR) is 83.9 cm³/mol. The van der Waals surface area contributed by atoms with Crippen LogP contribution in [0.2, 0.25) is 5.02 Å². The summed E-state index contributed by atoms with van der Waals surface area (Å²) in [7, 11) is 0. The van der Waals surface area contributed by atoms with E-state index in [1.54, 1.807) is 6.20 Å². The monoisotopic (exact) mass is 314 g/mol. The van der Waals surface area contributed by atoms with Crippen LogP contribution in [0, 0.1) is 0 Å². The topological polar surface area (TPSA) is 82.2 Å². The molecule has 0 saturated heterocycles. The molecule has 0 bridgehead atoms. The molecule has 6 nitrogen and oxygen atoms in total. The number of nitrogens with one attached hydrogen (secondary N) is 1. The van der Waals surface area contributed by atoms with Crippen LogP contribution >= 0.6 is 11.6 Å². The van der Waals surface area contributed by atoms with Crippen molar-refractivity contribution in [2.45, 2.75) is 51.3 Å². The molecule has 0 aliphatic heterocycles. The molecule has 1 aromatic heterocycles. The standard InChI is InChI=1S/C14H23ClN4O2/c1-2-19-14(20)13(15)12(9-18-19)17-7-8-21-11-5-3-10(16)4-6-11/h9-11,17H,2-8,16H2,1H3. The smallest absolute Gasteiger partial charge is 0.287 e. The summed E-state index contributed by atoms with van der Waals surface area (Å²) in [5.41, 5.74) is 6.15. The predicted octanol–water partition coefficient (Wildman–Crippen LogP) is 1.61. The maximum absolute atomic E-state index is 11.8. The van der Waals surface area contributed by atoms with E-state index in [1.807, 2.05) is 6.92 Å². The van der Waals surface area contributed by atoms with Gasteiger partial charge in [0.2, 0.25) is 0 Å². The Hall–Kier alpha value is -1.11. The van der Waals surface area contributed by atoms with E-state index in [4.69, 9.17) is 22.1 Å². The van der Waals surface area contributed by atoms with E-state index in [-0.39, 0.29) is 10.6 Å². The van der Waals surface area contributed by atoms with Crippen LogP contribution in [-0.2, 0) is 11.3 Å². The van der Waals surface area contributed by atoms with Gasteiger partial charge in [-0.05, 0) is 32.6 Å². The molecule has 1 saturated carbocycles. The van der Waals surface area contributed by atoms with Crippen LogP contribution in [0.15, 0.2) is 11.0 Å². The molecule has 2 rings (SSSR count). The summed E-state index contributed by atoms with van der Waals surface area (Å²) in [6.07, 6.45) is 5.98. The third-order valence-electron chi connectivity index (χ3n) is 3.77. The van der Waals surface area contributed by atoms with Crippen molar-refractivity contribution in [2.75, 3.05) is 18.5 Å². The van der Waals surface area contributed by atoms with Gasteiger partial charge < -0.3 is 15.8 Å². The highest BCUT2D eigenvalue weighted by Crippen LogP contribution is 2.20. The van der Waals surface area contributed by atoms with Gasteiger partial charge in [-0.25, -0.2) is 4.68 Å². The van der Waals surface area contributed by atoms with E-state index in [1.165, 1.54) is 4.68 Å². The second-order valence-corrected chi connectivity index (χ2v) is 5.71. The lowest BCUT2D eigenvalue weighted by Gasteiger charge is -2.26. The number of aromatic nitrogens is 2. The molecule has 0 radical (unpaired) electrons. The fourth-order valence-electron chi connectivity index (χ4n) is 2.48. The Morgan fingerprint density at radius 1 is 1.48 bits per heavy atom. The molecule has 0 spiro atoms. The summed E-state index contributed by atoms with van der Waals surface area (Å²) in [5.74, 6) is 0. The van der Waals surface area contributed by atoms with Gasteiger partial charge in [0, 0.05) is 19.1 Å². The van der Waals surface area contributed by atoms with Gasteiger partial charge in [0.25, 0.3) is 5.56 Å². The number of nitrogens with zero attached hydrogens (tertiary/aromatic N) is 2. The highest BCUT2D eigenvalue weighted by atomic mass is 35.5. The summed E-state index contributed by atoms with van der Waals surface area (Å²) in [4.78, 5) is 11.8. The molecule has 7 heteroatoms. The Balaban J connectivity index is 1.76. The highest BCUT2D eigenvalue weighted by molar-refractivity contribution is 6.32. The zero-order chi connectivity index (χ0) is 15.2. The number of aryl methyl sites for hydroxylation is 1. The fourth-order valence-corrected chi connectivity index (χ4v) is 2.69. The lowest BCUT2D eigenvalue weighted by molar-refractivity contribution is 0.0313. The van der Waals surface area contributed by atoms with E-state index in [9.17, 15) is 4.79 Å². The number of nitrogens with two attached hydrogens (primary N) is 1. The number of anilines is 1. The Morgan fingerprint density at radius 3 is 2.86 bits per heavy atom. The summed E-state index contributed by atoms with van der Waals surface area (Å²) >= 11 is 6.03. The van der Waals surface area contributed by atoms with Crippen molar-refractivity contribution in [3.05, 3.63) is 21.6 Å². The quantitative estimate of drug-likeness (QED) is 0.780. The molecular formula is C14H23ClN4O2. The van der Waals surface area contributed by atoms with E-state index < -0.39 is 0 Å². The molecule has 0 unspecified atom stereocenters. The van der Waals surface area contributed by atoms with Crippen LogP contribution in [0.5, 0.6) is 0 Å². The van der Waals surface area contributed by atoms with E-state index >= 15 is 0 Å². The van der Waals surface area contributed by atoms with E-state index in [0.29, 0.717) is 37.5 Å². The average molecular weight is 315 g/mol. The molecule has 0 aromatic carbocycles. The fraction of sp³-hybridized carbons (Fsp3) is 0.714. The van der Waals surface area contributed by atoms with Gasteiger partial charge in [-0.2, -0.15) is 5.10 Å². The van der Waals surface area contributed by atoms with Gasteiger partial charge in [0.1, 0.15) is 5.02 Å². The first-order chi connectivity index (χ1) is 10.1. The van der Waals surface area contributed by atoms with Crippen LogP contribution in [-0.4, -0.2) is 35.1 Å². The molecule has 3 N–H and O–H groups in total.